The van der Waals surface area contributed by atoms with Gasteiger partial charge in [0.05, 0.1) is 12.3 Å². The first kappa shape index (κ1) is 9.66. The molecular formula is C7H12N4O2. The molecule has 72 valence electrons. The topological polar surface area (TPSA) is 90.9 Å². The van der Waals surface area contributed by atoms with Crippen molar-refractivity contribution >= 4 is 5.91 Å². The molecule has 1 unspecified atom stereocenters. The fourth-order valence-electron chi connectivity index (χ4n) is 0.756. The smallest absolute Gasteiger partial charge is 0.273 e. The molecule has 6 heteroatoms. The predicted molar refractivity (Wildman–Crippen MR) is 45.0 cm³/mol. The lowest BCUT2D eigenvalue weighted by atomic mass is 10.3. The van der Waals surface area contributed by atoms with Crippen LogP contribution in [0.3, 0.4) is 0 Å². The molecule has 1 rings (SSSR count). The molecule has 0 bridgehead atoms. The van der Waals surface area contributed by atoms with Crippen LogP contribution in [0.15, 0.2) is 6.20 Å². The number of aliphatic hydroxyl groups excluding tert-OH is 1. The number of rotatable bonds is 4. The molecule has 1 aromatic heterocycles. The second-order valence-corrected chi connectivity index (χ2v) is 2.63. The van der Waals surface area contributed by atoms with E-state index in [1.807, 2.05) is 6.92 Å². The molecule has 1 heterocycles. The van der Waals surface area contributed by atoms with Gasteiger partial charge in [-0.1, -0.05) is 6.92 Å². The number of carbonyl (C=O) groups is 1. The summed E-state index contributed by atoms with van der Waals surface area (Å²) in [5.41, 5.74) is 0.225. The molecule has 1 amide bonds. The summed E-state index contributed by atoms with van der Waals surface area (Å²) < 4.78 is 0. The highest BCUT2D eigenvalue weighted by molar-refractivity contribution is 5.91. The maximum atomic E-state index is 11.2. The Balaban J connectivity index is 2.35. The summed E-state index contributed by atoms with van der Waals surface area (Å²) in [6.45, 7) is 2.08. The summed E-state index contributed by atoms with van der Waals surface area (Å²) in [4.78, 5) is 11.2. The van der Waals surface area contributed by atoms with Gasteiger partial charge in [0.2, 0.25) is 0 Å². The number of hydrogen-bond donors (Lipinski definition) is 3. The van der Waals surface area contributed by atoms with Crippen molar-refractivity contribution in [1.82, 2.24) is 20.7 Å². The summed E-state index contributed by atoms with van der Waals surface area (Å²) in [7, 11) is 0. The molecule has 0 aliphatic rings. The zero-order valence-electron chi connectivity index (χ0n) is 7.32. The lowest BCUT2D eigenvalue weighted by molar-refractivity contribution is 0.0909. The second-order valence-electron chi connectivity index (χ2n) is 2.63. The van der Waals surface area contributed by atoms with Crippen molar-refractivity contribution in [2.75, 3.05) is 6.54 Å². The van der Waals surface area contributed by atoms with Gasteiger partial charge in [0.25, 0.3) is 5.91 Å². The van der Waals surface area contributed by atoms with Gasteiger partial charge < -0.3 is 10.4 Å². The summed E-state index contributed by atoms with van der Waals surface area (Å²) >= 11 is 0. The Bertz CT molecular complexity index is 259. The number of nitrogens with one attached hydrogen (secondary N) is 2. The Morgan fingerprint density at radius 1 is 1.85 bits per heavy atom. The average Bonchev–Trinajstić information content (AvgIpc) is 2.66. The van der Waals surface area contributed by atoms with Gasteiger partial charge in [-0.25, -0.2) is 0 Å². The zero-order valence-corrected chi connectivity index (χ0v) is 7.32. The lowest BCUT2D eigenvalue weighted by Gasteiger charge is -2.07. The van der Waals surface area contributed by atoms with E-state index in [0.29, 0.717) is 6.42 Å². The minimum Gasteiger partial charge on any atom is -0.391 e. The summed E-state index contributed by atoms with van der Waals surface area (Å²) in [6, 6.07) is 0. The van der Waals surface area contributed by atoms with Crippen LogP contribution in [-0.4, -0.2) is 39.1 Å². The molecule has 0 saturated carbocycles. The van der Waals surface area contributed by atoms with Gasteiger partial charge in [0.1, 0.15) is 0 Å². The summed E-state index contributed by atoms with van der Waals surface area (Å²) in [6.07, 6.45) is 1.43. The van der Waals surface area contributed by atoms with Crippen LogP contribution < -0.4 is 5.32 Å². The first-order valence-corrected chi connectivity index (χ1v) is 4.06. The van der Waals surface area contributed by atoms with Crippen molar-refractivity contribution < 1.29 is 9.90 Å². The van der Waals surface area contributed by atoms with Crippen LogP contribution in [0.25, 0.3) is 0 Å². The second kappa shape index (κ2) is 4.56. The predicted octanol–water partition coefficient (Wildman–Crippen LogP) is -0.695. The van der Waals surface area contributed by atoms with Gasteiger partial charge in [0, 0.05) is 6.54 Å². The standard InChI is InChI=1S/C7H12N4O2/c1-2-5(12)3-8-7(13)6-4-9-11-10-6/h4-5,12H,2-3H2,1H3,(H,8,13)(H,9,10,11). The Morgan fingerprint density at radius 3 is 3.15 bits per heavy atom. The lowest BCUT2D eigenvalue weighted by Crippen LogP contribution is -2.31. The van der Waals surface area contributed by atoms with E-state index in [9.17, 15) is 4.79 Å². The van der Waals surface area contributed by atoms with Gasteiger partial charge >= 0.3 is 0 Å². The van der Waals surface area contributed by atoms with E-state index in [4.69, 9.17) is 5.11 Å². The summed E-state index contributed by atoms with van der Waals surface area (Å²) in [5.74, 6) is -0.332. The van der Waals surface area contributed by atoms with Crippen LogP contribution in [0.2, 0.25) is 0 Å². The molecule has 0 saturated heterocycles. The van der Waals surface area contributed by atoms with E-state index < -0.39 is 6.10 Å². The quantitative estimate of drug-likeness (QED) is 0.577. The van der Waals surface area contributed by atoms with Crippen molar-refractivity contribution in [3.63, 3.8) is 0 Å². The summed E-state index contributed by atoms with van der Waals surface area (Å²) in [5, 5.41) is 21.1. The fourth-order valence-corrected chi connectivity index (χ4v) is 0.756. The highest BCUT2D eigenvalue weighted by Gasteiger charge is 2.09. The van der Waals surface area contributed by atoms with E-state index in [1.54, 1.807) is 0 Å². The van der Waals surface area contributed by atoms with Crippen LogP contribution in [0.1, 0.15) is 23.8 Å². The van der Waals surface area contributed by atoms with Crippen molar-refractivity contribution in [2.24, 2.45) is 0 Å². The van der Waals surface area contributed by atoms with Gasteiger partial charge in [-0.2, -0.15) is 15.4 Å². The van der Waals surface area contributed by atoms with E-state index in [0.717, 1.165) is 0 Å². The van der Waals surface area contributed by atoms with Gasteiger partial charge in [-0.15, -0.1) is 0 Å². The molecule has 3 N–H and O–H groups in total. The highest BCUT2D eigenvalue weighted by Crippen LogP contribution is 1.90. The number of aliphatic hydroxyl groups is 1. The number of hydrogen-bond acceptors (Lipinski definition) is 4. The Labute approximate surface area is 75.3 Å². The van der Waals surface area contributed by atoms with Gasteiger partial charge in [-0.3, -0.25) is 4.79 Å². The largest absolute Gasteiger partial charge is 0.391 e. The normalized spacial score (nSPS) is 12.5. The Hall–Kier alpha value is -1.43. The van der Waals surface area contributed by atoms with Crippen LogP contribution in [-0.2, 0) is 0 Å². The highest BCUT2D eigenvalue weighted by atomic mass is 16.3. The van der Waals surface area contributed by atoms with Crippen LogP contribution >= 0.6 is 0 Å². The van der Waals surface area contributed by atoms with Crippen LogP contribution in [0.4, 0.5) is 0 Å². The van der Waals surface area contributed by atoms with E-state index in [1.165, 1.54) is 6.20 Å². The van der Waals surface area contributed by atoms with E-state index >= 15 is 0 Å². The average molecular weight is 184 g/mol. The maximum absolute atomic E-state index is 11.2. The van der Waals surface area contributed by atoms with Crippen LogP contribution in [0, 0.1) is 0 Å². The molecule has 0 spiro atoms. The third-order valence-corrected chi connectivity index (χ3v) is 1.62. The minimum atomic E-state index is -0.504. The molecule has 0 radical (unpaired) electrons. The number of nitrogens with zero attached hydrogens (tertiary/aromatic N) is 2. The Morgan fingerprint density at radius 2 is 2.62 bits per heavy atom. The van der Waals surface area contributed by atoms with Gasteiger partial charge in [-0.05, 0) is 6.42 Å². The van der Waals surface area contributed by atoms with Crippen molar-refractivity contribution in [3.05, 3.63) is 11.9 Å². The van der Waals surface area contributed by atoms with Crippen molar-refractivity contribution in [1.29, 1.82) is 0 Å². The number of aromatic amines is 1. The molecular weight excluding hydrogens is 172 g/mol. The number of carbonyl (C=O) groups excluding carboxylic acids is 1. The number of aromatic nitrogens is 3. The van der Waals surface area contributed by atoms with E-state index in [2.05, 4.69) is 20.7 Å². The first-order chi connectivity index (χ1) is 6.24. The third kappa shape index (κ3) is 2.83. The van der Waals surface area contributed by atoms with Crippen molar-refractivity contribution in [2.45, 2.75) is 19.4 Å². The fraction of sp³-hybridized carbons (Fsp3) is 0.571. The molecule has 0 aliphatic carbocycles. The molecule has 0 fully saturated rings. The van der Waals surface area contributed by atoms with Gasteiger partial charge in [0.15, 0.2) is 5.69 Å². The number of H-pyrrole nitrogens is 1. The van der Waals surface area contributed by atoms with Crippen molar-refractivity contribution in [3.8, 4) is 0 Å². The molecule has 13 heavy (non-hydrogen) atoms. The number of amides is 1. The zero-order chi connectivity index (χ0) is 9.68. The van der Waals surface area contributed by atoms with E-state index in [-0.39, 0.29) is 18.1 Å². The maximum Gasteiger partial charge on any atom is 0.273 e. The SMILES string of the molecule is CCC(O)CNC(=O)c1cn[nH]n1. The third-order valence-electron chi connectivity index (χ3n) is 1.62. The molecule has 1 atom stereocenters. The first-order valence-electron chi connectivity index (χ1n) is 4.06. The molecule has 0 aliphatic heterocycles. The minimum absolute atomic E-state index is 0.225. The monoisotopic (exact) mass is 184 g/mol. The Kier molecular flexibility index (Phi) is 3.39. The molecule has 1 aromatic rings. The molecule has 0 aromatic carbocycles. The molecule has 6 nitrogen and oxygen atoms in total. The van der Waals surface area contributed by atoms with Crippen LogP contribution in [0.5, 0.6) is 0 Å².